The molecule has 0 radical (unpaired) electrons. The first-order valence-corrected chi connectivity index (χ1v) is 12.3. The molecule has 0 saturated heterocycles. The van der Waals surface area contributed by atoms with E-state index in [4.69, 9.17) is 14.8 Å². The maximum atomic E-state index is 11.6. The minimum atomic E-state index is -0.129. The molecular formula is C29H29N7O2. The molecule has 38 heavy (non-hydrogen) atoms. The Bertz CT molecular complexity index is 1580. The van der Waals surface area contributed by atoms with Gasteiger partial charge in [0.15, 0.2) is 0 Å². The summed E-state index contributed by atoms with van der Waals surface area (Å²) in [5.74, 6) is 1.11. The van der Waals surface area contributed by atoms with Crippen LogP contribution in [0.1, 0.15) is 6.92 Å². The SMILES string of the molecule is CC(=O)Nc1cccc(-c2nn3ccccc3c2-c2ccnc(Nc3cccc(OCCN(C)C)c3)n2)c1. The van der Waals surface area contributed by atoms with Crippen molar-refractivity contribution in [3.8, 4) is 28.3 Å². The van der Waals surface area contributed by atoms with E-state index in [-0.39, 0.29) is 5.91 Å². The third-order valence-corrected chi connectivity index (χ3v) is 5.81. The number of nitrogens with one attached hydrogen (secondary N) is 2. The number of pyridine rings is 1. The van der Waals surface area contributed by atoms with E-state index in [9.17, 15) is 4.79 Å². The number of amides is 1. The standard InChI is InChI=1S/C29H29N7O2/c1-20(37)31-22-9-6-8-21(18-22)28-27(26-12-4-5-15-36(26)34-28)25-13-14-30-29(33-25)32-23-10-7-11-24(19-23)38-17-16-35(2)3/h4-15,18-19H,16-17H2,1-3H3,(H,31,37)(H,30,32,33). The van der Waals surface area contributed by atoms with Gasteiger partial charge in [0.1, 0.15) is 18.1 Å². The predicted octanol–water partition coefficient (Wildman–Crippen LogP) is 5.10. The van der Waals surface area contributed by atoms with Gasteiger partial charge in [-0.05, 0) is 56.6 Å². The number of fused-ring (bicyclic) bond motifs is 1. The van der Waals surface area contributed by atoms with Crippen molar-refractivity contribution in [3.63, 3.8) is 0 Å². The van der Waals surface area contributed by atoms with Crippen molar-refractivity contribution < 1.29 is 9.53 Å². The predicted molar refractivity (Wildman–Crippen MR) is 150 cm³/mol. The molecule has 0 spiro atoms. The molecule has 0 aliphatic carbocycles. The summed E-state index contributed by atoms with van der Waals surface area (Å²) >= 11 is 0. The summed E-state index contributed by atoms with van der Waals surface area (Å²) < 4.78 is 7.70. The number of likely N-dealkylation sites (N-methyl/N-ethyl adjacent to an activating group) is 1. The first-order valence-electron chi connectivity index (χ1n) is 12.3. The fourth-order valence-electron chi connectivity index (χ4n) is 4.10. The third-order valence-electron chi connectivity index (χ3n) is 5.81. The Hall–Kier alpha value is -4.76. The molecule has 9 nitrogen and oxygen atoms in total. The zero-order valence-corrected chi connectivity index (χ0v) is 21.5. The van der Waals surface area contributed by atoms with Crippen molar-refractivity contribution in [1.29, 1.82) is 0 Å². The summed E-state index contributed by atoms with van der Waals surface area (Å²) in [7, 11) is 4.03. The Morgan fingerprint density at radius 3 is 2.68 bits per heavy atom. The zero-order chi connectivity index (χ0) is 26.5. The van der Waals surface area contributed by atoms with Gasteiger partial charge in [0.05, 0.1) is 16.8 Å². The van der Waals surface area contributed by atoms with Crippen LogP contribution in [0.15, 0.2) is 85.2 Å². The number of carbonyl (C=O) groups excluding carboxylic acids is 1. The molecule has 0 bridgehead atoms. The second kappa shape index (κ2) is 11.1. The maximum absolute atomic E-state index is 11.6. The maximum Gasteiger partial charge on any atom is 0.227 e. The summed E-state index contributed by atoms with van der Waals surface area (Å²) in [5.41, 5.74) is 5.66. The highest BCUT2D eigenvalue weighted by atomic mass is 16.5. The molecule has 0 unspecified atom stereocenters. The first-order chi connectivity index (χ1) is 18.5. The average molecular weight is 508 g/mol. The van der Waals surface area contributed by atoms with E-state index in [2.05, 4.69) is 20.5 Å². The Morgan fingerprint density at radius 1 is 1.00 bits per heavy atom. The van der Waals surface area contributed by atoms with E-state index in [1.807, 2.05) is 97.6 Å². The molecular weight excluding hydrogens is 478 g/mol. The van der Waals surface area contributed by atoms with Crippen molar-refractivity contribution in [2.24, 2.45) is 0 Å². The monoisotopic (exact) mass is 507 g/mol. The van der Waals surface area contributed by atoms with E-state index >= 15 is 0 Å². The van der Waals surface area contributed by atoms with Gasteiger partial charge in [-0.1, -0.05) is 24.3 Å². The molecule has 2 aromatic carbocycles. The lowest BCUT2D eigenvalue weighted by Gasteiger charge is -2.12. The number of benzene rings is 2. The van der Waals surface area contributed by atoms with Gasteiger partial charge in [0.25, 0.3) is 0 Å². The highest BCUT2D eigenvalue weighted by Gasteiger charge is 2.18. The largest absolute Gasteiger partial charge is 0.492 e. The van der Waals surface area contributed by atoms with Crippen LogP contribution in [0, 0.1) is 0 Å². The van der Waals surface area contributed by atoms with Gasteiger partial charge in [-0.15, -0.1) is 0 Å². The van der Waals surface area contributed by atoms with E-state index in [1.165, 1.54) is 6.92 Å². The minimum absolute atomic E-state index is 0.129. The molecule has 2 N–H and O–H groups in total. The molecule has 3 heterocycles. The topological polar surface area (TPSA) is 96.7 Å². The molecule has 192 valence electrons. The normalized spacial score (nSPS) is 11.1. The number of rotatable bonds is 9. The van der Waals surface area contributed by atoms with Crippen LogP contribution >= 0.6 is 0 Å². The van der Waals surface area contributed by atoms with Crippen molar-refractivity contribution in [2.45, 2.75) is 6.92 Å². The molecule has 0 aliphatic rings. The average Bonchev–Trinajstić information content (AvgIpc) is 3.28. The van der Waals surface area contributed by atoms with Gasteiger partial charge in [-0.3, -0.25) is 4.79 Å². The molecule has 0 atom stereocenters. The highest BCUT2D eigenvalue weighted by Crippen LogP contribution is 2.35. The van der Waals surface area contributed by atoms with Crippen LogP contribution < -0.4 is 15.4 Å². The van der Waals surface area contributed by atoms with Crippen molar-refractivity contribution >= 4 is 28.7 Å². The Morgan fingerprint density at radius 2 is 1.84 bits per heavy atom. The van der Waals surface area contributed by atoms with Crippen LogP contribution in [-0.4, -0.2) is 57.6 Å². The zero-order valence-electron chi connectivity index (χ0n) is 21.5. The minimum Gasteiger partial charge on any atom is -0.492 e. The fourth-order valence-corrected chi connectivity index (χ4v) is 4.10. The number of nitrogens with zero attached hydrogens (tertiary/aromatic N) is 5. The number of anilines is 3. The van der Waals surface area contributed by atoms with Crippen LogP contribution in [-0.2, 0) is 4.79 Å². The van der Waals surface area contributed by atoms with Gasteiger partial charge in [0.2, 0.25) is 11.9 Å². The lowest BCUT2D eigenvalue weighted by Crippen LogP contribution is -2.19. The Kier molecular flexibility index (Phi) is 7.28. The molecule has 3 aromatic heterocycles. The van der Waals surface area contributed by atoms with Crippen molar-refractivity contribution in [2.75, 3.05) is 37.9 Å². The van der Waals surface area contributed by atoms with Crippen LogP contribution in [0.2, 0.25) is 0 Å². The van der Waals surface area contributed by atoms with Crippen molar-refractivity contribution in [3.05, 3.63) is 85.2 Å². The number of aromatic nitrogens is 4. The van der Waals surface area contributed by atoms with Gasteiger partial charge in [-0.25, -0.2) is 14.5 Å². The number of carbonyl (C=O) groups is 1. The molecule has 1 amide bonds. The molecule has 9 heteroatoms. The van der Waals surface area contributed by atoms with E-state index in [0.29, 0.717) is 18.2 Å². The van der Waals surface area contributed by atoms with Crippen molar-refractivity contribution in [1.82, 2.24) is 24.5 Å². The lowest BCUT2D eigenvalue weighted by atomic mass is 10.0. The van der Waals surface area contributed by atoms with Gasteiger partial charge in [-0.2, -0.15) is 5.10 Å². The number of hydrogen-bond acceptors (Lipinski definition) is 7. The molecule has 0 saturated carbocycles. The van der Waals surface area contributed by atoms with E-state index < -0.39 is 0 Å². The third kappa shape index (κ3) is 5.79. The van der Waals surface area contributed by atoms with Gasteiger partial charge in [0, 0.05) is 48.9 Å². The second-order valence-corrected chi connectivity index (χ2v) is 9.09. The second-order valence-electron chi connectivity index (χ2n) is 9.09. The fraction of sp³-hybridized carbons (Fsp3) is 0.172. The van der Waals surface area contributed by atoms with Crippen LogP contribution in [0.3, 0.4) is 0 Å². The van der Waals surface area contributed by atoms with E-state index in [0.717, 1.165) is 46.0 Å². The Labute approximate surface area is 221 Å². The molecule has 0 aliphatic heterocycles. The molecule has 0 fully saturated rings. The van der Waals surface area contributed by atoms with Crippen LogP contribution in [0.5, 0.6) is 5.75 Å². The first kappa shape index (κ1) is 24.9. The summed E-state index contributed by atoms with van der Waals surface area (Å²) in [6.45, 7) is 2.92. The quantitative estimate of drug-likeness (QED) is 0.286. The van der Waals surface area contributed by atoms with E-state index in [1.54, 1.807) is 6.20 Å². The number of hydrogen-bond donors (Lipinski definition) is 2. The molecule has 5 rings (SSSR count). The Balaban J connectivity index is 1.49. The van der Waals surface area contributed by atoms with Crippen LogP contribution in [0.4, 0.5) is 17.3 Å². The summed E-state index contributed by atoms with van der Waals surface area (Å²) in [6, 6.07) is 23.2. The summed E-state index contributed by atoms with van der Waals surface area (Å²) in [5, 5.41) is 11.0. The van der Waals surface area contributed by atoms with Crippen LogP contribution in [0.25, 0.3) is 28.0 Å². The highest BCUT2D eigenvalue weighted by molar-refractivity contribution is 5.93. The summed E-state index contributed by atoms with van der Waals surface area (Å²) in [6.07, 6.45) is 3.63. The summed E-state index contributed by atoms with van der Waals surface area (Å²) in [4.78, 5) is 23.0. The smallest absolute Gasteiger partial charge is 0.227 e. The van der Waals surface area contributed by atoms with Gasteiger partial charge < -0.3 is 20.3 Å². The lowest BCUT2D eigenvalue weighted by molar-refractivity contribution is -0.114. The number of ether oxygens (including phenoxy) is 1. The van der Waals surface area contributed by atoms with Gasteiger partial charge >= 0.3 is 0 Å². The molecule has 5 aromatic rings.